The summed E-state index contributed by atoms with van der Waals surface area (Å²) in [5.41, 5.74) is 1.78. The number of amides is 1. The van der Waals surface area contributed by atoms with Crippen LogP contribution >= 0.6 is 31.9 Å². The number of nitrogens with zero attached hydrogens (tertiary/aromatic N) is 1. The molecule has 0 unspecified atom stereocenters. The number of carbonyl (C=O) groups excluding carboxylic acids is 1. The maximum absolute atomic E-state index is 12.6. The van der Waals surface area contributed by atoms with Gasteiger partial charge in [0.2, 0.25) is 0 Å². The van der Waals surface area contributed by atoms with Crippen LogP contribution < -0.4 is 10.1 Å². The van der Waals surface area contributed by atoms with Crippen LogP contribution in [0.25, 0.3) is 16.8 Å². The number of benzene rings is 4. The third-order valence-electron chi connectivity index (χ3n) is 5.26. The zero-order valence-electron chi connectivity index (χ0n) is 18.7. The molecule has 0 bridgehead atoms. The van der Waals surface area contributed by atoms with E-state index in [1.807, 2.05) is 24.3 Å². The first-order valence-electron chi connectivity index (χ1n) is 10.7. The molecule has 0 saturated carbocycles. The molecule has 0 saturated heterocycles. The molecule has 4 aromatic rings. The summed E-state index contributed by atoms with van der Waals surface area (Å²) in [4.78, 5) is 23.8. The number of nitrogens with one attached hydrogen (secondary N) is 1. The number of rotatable bonds is 7. The highest BCUT2D eigenvalue weighted by molar-refractivity contribution is 9.11. The molecule has 2 N–H and O–H groups in total. The largest absolute Gasteiger partial charge is 0.487 e. The average Bonchev–Trinajstić information content (AvgIpc) is 2.86. The van der Waals surface area contributed by atoms with Crippen LogP contribution in [0.3, 0.4) is 0 Å². The number of carbonyl (C=O) groups is 2. The molecule has 0 heterocycles. The van der Waals surface area contributed by atoms with E-state index in [1.165, 1.54) is 24.3 Å². The smallest absolute Gasteiger partial charge is 0.335 e. The van der Waals surface area contributed by atoms with Crippen molar-refractivity contribution >= 4 is 66.3 Å². The molecule has 6 nitrogen and oxygen atoms in total. The molecule has 36 heavy (non-hydrogen) atoms. The minimum Gasteiger partial charge on any atom is -0.487 e. The van der Waals surface area contributed by atoms with Gasteiger partial charge in [0.05, 0.1) is 14.5 Å². The molecule has 0 aliphatic carbocycles. The SMILES string of the molecule is N#C/C(=C/c1cc(Br)c(OCc2ccc3ccccc3c2)c(Br)c1)C(=O)Nc1cccc(C(=O)O)c1. The molecule has 4 aromatic carbocycles. The average molecular weight is 606 g/mol. The van der Waals surface area contributed by atoms with Crippen LogP contribution in [0.5, 0.6) is 5.75 Å². The molecule has 0 spiro atoms. The van der Waals surface area contributed by atoms with E-state index < -0.39 is 11.9 Å². The van der Waals surface area contributed by atoms with Crippen molar-refractivity contribution in [3.8, 4) is 11.8 Å². The van der Waals surface area contributed by atoms with Gasteiger partial charge in [-0.25, -0.2) is 4.79 Å². The van der Waals surface area contributed by atoms with Crippen LogP contribution in [0.4, 0.5) is 5.69 Å². The summed E-state index contributed by atoms with van der Waals surface area (Å²) < 4.78 is 7.34. The van der Waals surface area contributed by atoms with E-state index in [0.717, 1.165) is 16.3 Å². The van der Waals surface area contributed by atoms with E-state index in [9.17, 15) is 14.9 Å². The van der Waals surface area contributed by atoms with Gasteiger partial charge >= 0.3 is 5.97 Å². The Morgan fingerprint density at radius 3 is 2.36 bits per heavy atom. The Labute approximate surface area is 224 Å². The molecule has 0 aliphatic rings. The van der Waals surface area contributed by atoms with E-state index in [1.54, 1.807) is 18.2 Å². The number of hydrogen-bond acceptors (Lipinski definition) is 4. The summed E-state index contributed by atoms with van der Waals surface area (Å²) in [6.45, 7) is 0.360. The maximum Gasteiger partial charge on any atom is 0.335 e. The number of aromatic carboxylic acids is 1. The lowest BCUT2D eigenvalue weighted by Crippen LogP contribution is -2.14. The van der Waals surface area contributed by atoms with E-state index in [0.29, 0.717) is 26.9 Å². The highest BCUT2D eigenvalue weighted by Crippen LogP contribution is 2.36. The Morgan fingerprint density at radius 2 is 1.67 bits per heavy atom. The quantitative estimate of drug-likeness (QED) is 0.172. The van der Waals surface area contributed by atoms with Crippen molar-refractivity contribution < 1.29 is 19.4 Å². The summed E-state index contributed by atoms with van der Waals surface area (Å²) in [5.74, 6) is -1.17. The Bertz CT molecular complexity index is 1530. The van der Waals surface area contributed by atoms with Gasteiger partial charge in [0.25, 0.3) is 5.91 Å². The molecule has 0 aromatic heterocycles. The van der Waals surface area contributed by atoms with E-state index in [-0.39, 0.29) is 16.8 Å². The van der Waals surface area contributed by atoms with Gasteiger partial charge in [-0.3, -0.25) is 4.79 Å². The first kappa shape index (κ1) is 25.2. The number of hydrogen-bond donors (Lipinski definition) is 2. The lowest BCUT2D eigenvalue weighted by atomic mass is 10.1. The number of halogens is 2. The fraction of sp³-hybridized carbons (Fsp3) is 0.0357. The van der Waals surface area contributed by atoms with Crippen LogP contribution in [0, 0.1) is 11.3 Å². The summed E-state index contributed by atoms with van der Waals surface area (Å²) >= 11 is 7.02. The normalized spacial score (nSPS) is 11.1. The standard InChI is InChI=1S/C28H18Br2N2O4/c29-24-12-18(11-22(15-31)27(33)32-23-7-3-6-21(14-23)28(34)35)13-25(30)26(24)36-16-17-8-9-19-4-1-2-5-20(19)10-17/h1-14H,16H2,(H,32,33)(H,34,35)/b22-11-. The highest BCUT2D eigenvalue weighted by atomic mass is 79.9. The van der Waals surface area contributed by atoms with Gasteiger partial charge in [-0.05, 0) is 96.2 Å². The number of ether oxygens (including phenoxy) is 1. The monoisotopic (exact) mass is 604 g/mol. The molecule has 0 radical (unpaired) electrons. The third kappa shape index (κ3) is 6.00. The maximum atomic E-state index is 12.6. The summed E-state index contributed by atoms with van der Waals surface area (Å²) in [6.07, 6.45) is 1.44. The van der Waals surface area contributed by atoms with Crippen molar-refractivity contribution in [2.75, 3.05) is 5.32 Å². The van der Waals surface area contributed by atoms with Gasteiger partial charge in [0, 0.05) is 5.69 Å². The lowest BCUT2D eigenvalue weighted by Gasteiger charge is -2.12. The molecule has 0 atom stereocenters. The predicted molar refractivity (Wildman–Crippen MR) is 146 cm³/mol. The van der Waals surface area contributed by atoms with Crippen LogP contribution in [-0.4, -0.2) is 17.0 Å². The fourth-order valence-corrected chi connectivity index (χ4v) is 4.98. The molecule has 8 heteroatoms. The Balaban J connectivity index is 1.50. The van der Waals surface area contributed by atoms with Crippen LogP contribution in [0.15, 0.2) is 93.4 Å². The molecular formula is C28H18Br2N2O4. The fourth-order valence-electron chi connectivity index (χ4n) is 3.53. The second-order valence-corrected chi connectivity index (χ2v) is 9.50. The number of carboxylic acids is 1. The zero-order chi connectivity index (χ0) is 25.7. The van der Waals surface area contributed by atoms with Crippen molar-refractivity contribution in [2.24, 2.45) is 0 Å². The number of anilines is 1. The number of carboxylic acid groups (broad SMARTS) is 1. The van der Waals surface area contributed by atoms with Crippen molar-refractivity contribution in [3.63, 3.8) is 0 Å². The van der Waals surface area contributed by atoms with E-state index >= 15 is 0 Å². The Morgan fingerprint density at radius 1 is 0.944 bits per heavy atom. The number of nitriles is 1. The summed E-state index contributed by atoms with van der Waals surface area (Å²) in [7, 11) is 0. The van der Waals surface area contributed by atoms with Crippen molar-refractivity contribution in [2.45, 2.75) is 6.61 Å². The van der Waals surface area contributed by atoms with Gasteiger partial charge in [-0.1, -0.05) is 42.5 Å². The van der Waals surface area contributed by atoms with E-state index in [4.69, 9.17) is 9.84 Å². The molecular weight excluding hydrogens is 588 g/mol. The first-order valence-corrected chi connectivity index (χ1v) is 12.3. The van der Waals surface area contributed by atoms with Crippen molar-refractivity contribution in [3.05, 3.63) is 110 Å². The summed E-state index contributed by atoms with van der Waals surface area (Å²) in [5, 5.41) is 23.5. The zero-order valence-corrected chi connectivity index (χ0v) is 21.8. The topological polar surface area (TPSA) is 99.4 Å². The minimum absolute atomic E-state index is 0.0300. The third-order valence-corrected chi connectivity index (χ3v) is 6.44. The van der Waals surface area contributed by atoms with Crippen molar-refractivity contribution in [1.82, 2.24) is 0 Å². The second-order valence-electron chi connectivity index (χ2n) is 7.79. The van der Waals surface area contributed by atoms with Crippen LogP contribution in [0.2, 0.25) is 0 Å². The molecule has 178 valence electrons. The van der Waals surface area contributed by atoms with Crippen molar-refractivity contribution in [1.29, 1.82) is 5.26 Å². The van der Waals surface area contributed by atoms with Crippen LogP contribution in [0.1, 0.15) is 21.5 Å². The molecule has 1 amide bonds. The van der Waals surface area contributed by atoms with Gasteiger partial charge in [0.15, 0.2) is 0 Å². The first-order chi connectivity index (χ1) is 17.3. The van der Waals surface area contributed by atoms with Gasteiger partial charge in [-0.2, -0.15) is 5.26 Å². The Hall–Kier alpha value is -3.93. The molecule has 0 aliphatic heterocycles. The lowest BCUT2D eigenvalue weighted by molar-refractivity contribution is -0.112. The highest BCUT2D eigenvalue weighted by Gasteiger charge is 2.14. The molecule has 0 fully saturated rings. The second kappa shape index (κ2) is 11.2. The minimum atomic E-state index is -1.11. The van der Waals surface area contributed by atoms with Gasteiger partial charge in [-0.15, -0.1) is 0 Å². The van der Waals surface area contributed by atoms with E-state index in [2.05, 4.69) is 61.4 Å². The van der Waals surface area contributed by atoms with Gasteiger partial charge in [0.1, 0.15) is 24.0 Å². The Kier molecular flexibility index (Phi) is 7.84. The summed E-state index contributed by atoms with van der Waals surface area (Å²) in [6, 6.07) is 25.4. The predicted octanol–water partition coefficient (Wildman–Crippen LogP) is 7.19. The number of fused-ring (bicyclic) bond motifs is 1. The van der Waals surface area contributed by atoms with Gasteiger partial charge < -0.3 is 15.2 Å². The van der Waals surface area contributed by atoms with Crippen LogP contribution in [-0.2, 0) is 11.4 Å². The molecule has 4 rings (SSSR count).